The summed E-state index contributed by atoms with van der Waals surface area (Å²) in [5.74, 6) is -1.92. The van der Waals surface area contributed by atoms with Crippen LogP contribution in [-0.2, 0) is 23.9 Å². The minimum Gasteiger partial charge on any atom is -0.476 e. The van der Waals surface area contributed by atoms with E-state index >= 15 is 0 Å². The van der Waals surface area contributed by atoms with Crippen LogP contribution in [0.3, 0.4) is 0 Å². The molecule has 0 radical (unpaired) electrons. The molecule has 3 aliphatic rings. The van der Waals surface area contributed by atoms with Crippen molar-refractivity contribution in [3.05, 3.63) is 23.1 Å². The molecule has 1 amide bonds. The predicted octanol–water partition coefficient (Wildman–Crippen LogP) is -0.629. The molecule has 8 nitrogen and oxygen atoms in total. The lowest BCUT2D eigenvalue weighted by atomic mass is 10.1. The molecule has 0 aliphatic carbocycles. The standard InChI is InChI=1S/C12H12N2O6S/c1-4-2-6(20-12(4)18)19-5-3-21-10-7(13)9(15)14(10)8(5)11(16)17/h2,6-7,10H,3,13H2,1H3,(H,16,17)/t6?,7-,10+/m1/s1. The van der Waals surface area contributed by atoms with Crippen molar-refractivity contribution < 1.29 is 29.0 Å². The maximum absolute atomic E-state index is 11.7. The number of cyclic esters (lactones) is 1. The number of carboxylic acid groups (broad SMARTS) is 1. The molecule has 1 saturated heterocycles. The fourth-order valence-corrected chi connectivity index (χ4v) is 3.49. The molecule has 3 rings (SSSR count). The van der Waals surface area contributed by atoms with Crippen molar-refractivity contribution in [1.82, 2.24) is 4.90 Å². The van der Waals surface area contributed by atoms with Crippen molar-refractivity contribution in [2.75, 3.05) is 5.75 Å². The van der Waals surface area contributed by atoms with Gasteiger partial charge in [0.15, 0.2) is 5.70 Å². The average Bonchev–Trinajstić information content (AvgIpc) is 2.75. The average molecular weight is 312 g/mol. The van der Waals surface area contributed by atoms with Gasteiger partial charge in [-0.25, -0.2) is 9.59 Å². The van der Waals surface area contributed by atoms with E-state index in [0.717, 1.165) is 4.90 Å². The summed E-state index contributed by atoms with van der Waals surface area (Å²) in [7, 11) is 0. The monoisotopic (exact) mass is 312 g/mol. The lowest BCUT2D eigenvalue weighted by molar-refractivity contribution is -0.156. The highest BCUT2D eigenvalue weighted by atomic mass is 32.2. The van der Waals surface area contributed by atoms with Crippen LogP contribution in [0.25, 0.3) is 0 Å². The first-order valence-corrected chi connectivity index (χ1v) is 7.18. The molecule has 1 fully saturated rings. The van der Waals surface area contributed by atoms with Crippen molar-refractivity contribution >= 4 is 29.6 Å². The fourth-order valence-electron chi connectivity index (χ4n) is 2.28. The Morgan fingerprint density at radius 3 is 2.86 bits per heavy atom. The summed E-state index contributed by atoms with van der Waals surface area (Å²) >= 11 is 1.31. The Balaban J connectivity index is 1.87. The number of ether oxygens (including phenoxy) is 2. The number of hydrogen-bond acceptors (Lipinski definition) is 7. The van der Waals surface area contributed by atoms with Crippen molar-refractivity contribution in [2.24, 2.45) is 5.73 Å². The molecule has 21 heavy (non-hydrogen) atoms. The second-order valence-corrected chi connectivity index (χ2v) is 5.86. The van der Waals surface area contributed by atoms with E-state index in [-0.39, 0.29) is 22.6 Å². The van der Waals surface area contributed by atoms with Gasteiger partial charge in [-0.1, -0.05) is 0 Å². The minimum absolute atomic E-state index is 0.0905. The summed E-state index contributed by atoms with van der Waals surface area (Å²) in [4.78, 5) is 35.5. The number of carbonyl (C=O) groups excluding carboxylic acids is 2. The first kappa shape index (κ1) is 14.0. The summed E-state index contributed by atoms with van der Waals surface area (Å²) in [5, 5.41) is 8.92. The third-order valence-corrected chi connectivity index (χ3v) is 4.64. The first-order chi connectivity index (χ1) is 9.90. The molecule has 112 valence electrons. The quantitative estimate of drug-likeness (QED) is 0.522. The summed E-state index contributed by atoms with van der Waals surface area (Å²) in [6.45, 7) is 1.57. The molecule has 3 aliphatic heterocycles. The largest absolute Gasteiger partial charge is 0.476 e. The maximum atomic E-state index is 11.7. The Morgan fingerprint density at radius 2 is 2.29 bits per heavy atom. The number of carboxylic acids is 1. The predicted molar refractivity (Wildman–Crippen MR) is 70.5 cm³/mol. The van der Waals surface area contributed by atoms with Gasteiger partial charge in [0.1, 0.15) is 17.2 Å². The van der Waals surface area contributed by atoms with Crippen LogP contribution >= 0.6 is 11.8 Å². The number of β-lactam (4-membered cyclic amide) rings is 1. The number of rotatable bonds is 3. The number of nitrogens with zero attached hydrogens (tertiary/aromatic N) is 1. The Morgan fingerprint density at radius 1 is 1.57 bits per heavy atom. The molecule has 1 unspecified atom stereocenters. The Kier molecular flexibility index (Phi) is 3.18. The van der Waals surface area contributed by atoms with E-state index in [1.165, 1.54) is 17.8 Å². The number of amides is 1. The topological polar surface area (TPSA) is 119 Å². The highest BCUT2D eigenvalue weighted by Gasteiger charge is 2.52. The van der Waals surface area contributed by atoms with Gasteiger partial charge in [0, 0.05) is 11.6 Å². The number of esters is 1. The SMILES string of the molecule is CC1=CC(OC2=C(C(=O)O)N3C(=O)[C@@H](N)[C@@H]3SC2)OC1=O. The molecule has 0 aromatic rings. The van der Waals surface area contributed by atoms with E-state index in [1.54, 1.807) is 6.92 Å². The normalized spacial score (nSPS) is 31.4. The lowest BCUT2D eigenvalue weighted by Gasteiger charge is -2.47. The van der Waals surface area contributed by atoms with Gasteiger partial charge in [0.05, 0.1) is 5.75 Å². The van der Waals surface area contributed by atoms with E-state index < -0.39 is 30.2 Å². The summed E-state index contributed by atoms with van der Waals surface area (Å²) in [6.07, 6.45) is 0.485. The van der Waals surface area contributed by atoms with Gasteiger partial charge in [-0.3, -0.25) is 9.69 Å². The van der Waals surface area contributed by atoms with E-state index in [0.29, 0.717) is 5.57 Å². The van der Waals surface area contributed by atoms with Gasteiger partial charge in [-0.15, -0.1) is 11.8 Å². The Labute approximate surface area is 123 Å². The zero-order valence-electron chi connectivity index (χ0n) is 10.9. The van der Waals surface area contributed by atoms with Crippen molar-refractivity contribution in [3.63, 3.8) is 0 Å². The second-order valence-electron chi connectivity index (χ2n) is 4.75. The molecule has 0 spiro atoms. The van der Waals surface area contributed by atoms with Crippen LogP contribution in [0.15, 0.2) is 23.1 Å². The molecular formula is C12H12N2O6S. The summed E-state index contributed by atoms with van der Waals surface area (Å²) in [5.41, 5.74) is 5.79. The fraction of sp³-hybridized carbons (Fsp3) is 0.417. The number of hydrogen-bond donors (Lipinski definition) is 2. The molecule has 0 aromatic heterocycles. The van der Waals surface area contributed by atoms with Gasteiger partial charge < -0.3 is 20.3 Å². The number of thioether (sulfide) groups is 1. The van der Waals surface area contributed by atoms with Crippen molar-refractivity contribution in [3.8, 4) is 0 Å². The van der Waals surface area contributed by atoms with Crippen LogP contribution in [-0.4, -0.2) is 51.3 Å². The molecule has 0 saturated carbocycles. The van der Waals surface area contributed by atoms with Crippen LogP contribution in [0.1, 0.15) is 6.92 Å². The Hall–Kier alpha value is -2.00. The minimum atomic E-state index is -1.28. The first-order valence-electron chi connectivity index (χ1n) is 6.13. The van der Waals surface area contributed by atoms with Gasteiger partial charge in [-0.05, 0) is 6.92 Å². The number of fused-ring (bicyclic) bond motifs is 1. The van der Waals surface area contributed by atoms with Gasteiger partial charge in [0.25, 0.3) is 6.29 Å². The maximum Gasteiger partial charge on any atom is 0.356 e. The third kappa shape index (κ3) is 2.09. The number of aliphatic carboxylic acids is 1. The third-order valence-electron chi connectivity index (χ3n) is 3.37. The molecule has 3 atom stereocenters. The molecule has 0 bridgehead atoms. The van der Waals surface area contributed by atoms with Crippen LogP contribution in [0, 0.1) is 0 Å². The van der Waals surface area contributed by atoms with E-state index in [1.807, 2.05) is 0 Å². The highest BCUT2D eigenvalue weighted by Crippen LogP contribution is 2.40. The zero-order chi connectivity index (χ0) is 15.3. The van der Waals surface area contributed by atoms with Crippen molar-refractivity contribution in [2.45, 2.75) is 24.6 Å². The van der Waals surface area contributed by atoms with Gasteiger partial charge in [-0.2, -0.15) is 0 Å². The smallest absolute Gasteiger partial charge is 0.356 e. The highest BCUT2D eigenvalue weighted by molar-refractivity contribution is 8.00. The zero-order valence-corrected chi connectivity index (χ0v) is 11.8. The molecular weight excluding hydrogens is 300 g/mol. The Bertz CT molecular complexity index is 613. The summed E-state index contributed by atoms with van der Waals surface area (Å²) < 4.78 is 10.3. The van der Waals surface area contributed by atoms with E-state index in [9.17, 15) is 19.5 Å². The van der Waals surface area contributed by atoms with Crippen molar-refractivity contribution in [1.29, 1.82) is 0 Å². The van der Waals surface area contributed by atoms with Crippen LogP contribution < -0.4 is 5.73 Å². The second kappa shape index (κ2) is 4.78. The van der Waals surface area contributed by atoms with E-state index in [4.69, 9.17) is 15.2 Å². The molecule has 9 heteroatoms. The molecule has 0 aromatic carbocycles. The number of nitrogens with two attached hydrogens (primary N) is 1. The summed E-state index contributed by atoms with van der Waals surface area (Å²) in [6, 6.07) is -0.697. The molecule has 3 heterocycles. The van der Waals surface area contributed by atoms with Gasteiger partial charge >= 0.3 is 11.9 Å². The molecule has 3 N–H and O–H groups in total. The van der Waals surface area contributed by atoms with Gasteiger partial charge in [0.2, 0.25) is 5.91 Å². The van der Waals surface area contributed by atoms with Crippen LogP contribution in [0.5, 0.6) is 0 Å². The number of carbonyl (C=O) groups is 3. The lowest BCUT2D eigenvalue weighted by Crippen LogP contribution is -2.68. The van der Waals surface area contributed by atoms with E-state index in [2.05, 4.69) is 0 Å². The van der Waals surface area contributed by atoms with Crippen LogP contribution in [0.2, 0.25) is 0 Å². The van der Waals surface area contributed by atoms with Crippen LogP contribution in [0.4, 0.5) is 0 Å².